The second kappa shape index (κ2) is 5.99. The molecule has 2 aromatic rings. The molecule has 1 aromatic heterocycles. The van der Waals surface area contributed by atoms with Crippen LogP contribution >= 0.6 is 15.9 Å². The highest BCUT2D eigenvalue weighted by Crippen LogP contribution is 2.17. The largest absolute Gasteiger partial charge is 0.446 e. The number of anilines is 1. The summed E-state index contributed by atoms with van der Waals surface area (Å²) in [5.41, 5.74) is 6.69. The van der Waals surface area contributed by atoms with Gasteiger partial charge < -0.3 is 15.5 Å². The molecule has 19 heavy (non-hydrogen) atoms. The number of hydrogen-bond donors (Lipinski definition) is 2. The van der Waals surface area contributed by atoms with E-state index in [1.807, 2.05) is 19.1 Å². The third-order valence-corrected chi connectivity index (χ3v) is 3.09. The van der Waals surface area contributed by atoms with Gasteiger partial charge in [0.15, 0.2) is 5.69 Å². The molecule has 0 saturated heterocycles. The average Bonchev–Trinajstić information content (AvgIpc) is 2.87. The van der Waals surface area contributed by atoms with Crippen LogP contribution in [0.1, 0.15) is 35.8 Å². The lowest BCUT2D eigenvalue weighted by atomic mass is 10.2. The predicted molar refractivity (Wildman–Crippen MR) is 75.8 cm³/mol. The van der Waals surface area contributed by atoms with Crippen LogP contribution in [0.4, 0.5) is 5.69 Å². The van der Waals surface area contributed by atoms with E-state index in [0.717, 1.165) is 4.47 Å². The van der Waals surface area contributed by atoms with Crippen molar-refractivity contribution in [2.75, 3.05) is 5.32 Å². The van der Waals surface area contributed by atoms with Crippen molar-refractivity contribution in [1.82, 2.24) is 4.98 Å². The quantitative estimate of drug-likeness (QED) is 0.905. The van der Waals surface area contributed by atoms with Gasteiger partial charge in [-0.15, -0.1) is 0 Å². The van der Waals surface area contributed by atoms with Crippen LogP contribution in [0.25, 0.3) is 0 Å². The Morgan fingerprint density at radius 1 is 1.58 bits per heavy atom. The van der Waals surface area contributed by atoms with Crippen LogP contribution in [0.2, 0.25) is 0 Å². The molecule has 1 atom stereocenters. The third kappa shape index (κ3) is 3.42. The molecule has 0 saturated carbocycles. The van der Waals surface area contributed by atoms with E-state index in [0.29, 0.717) is 18.0 Å². The van der Waals surface area contributed by atoms with Crippen molar-refractivity contribution in [3.05, 3.63) is 46.6 Å². The van der Waals surface area contributed by atoms with Gasteiger partial charge in [0.25, 0.3) is 5.91 Å². The molecule has 1 aromatic carbocycles. The third-order valence-electron chi connectivity index (χ3n) is 2.59. The minimum Gasteiger partial charge on any atom is -0.446 e. The zero-order valence-electron chi connectivity index (χ0n) is 10.4. The number of rotatable bonds is 4. The highest BCUT2D eigenvalue weighted by molar-refractivity contribution is 9.10. The van der Waals surface area contributed by atoms with Crippen molar-refractivity contribution in [3.8, 4) is 0 Å². The lowest BCUT2D eigenvalue weighted by molar-refractivity contribution is 0.102. The fourth-order valence-corrected chi connectivity index (χ4v) is 1.90. The summed E-state index contributed by atoms with van der Waals surface area (Å²) in [4.78, 5) is 16.0. The lowest BCUT2D eigenvalue weighted by Crippen LogP contribution is -2.14. The maximum atomic E-state index is 12.0. The van der Waals surface area contributed by atoms with Crippen LogP contribution < -0.4 is 11.1 Å². The summed E-state index contributed by atoms with van der Waals surface area (Å²) < 4.78 is 6.08. The van der Waals surface area contributed by atoms with Crippen LogP contribution in [0.3, 0.4) is 0 Å². The number of aromatic nitrogens is 1. The van der Waals surface area contributed by atoms with E-state index in [1.54, 1.807) is 12.1 Å². The Bertz CT molecular complexity index is 583. The van der Waals surface area contributed by atoms with E-state index >= 15 is 0 Å². The zero-order valence-corrected chi connectivity index (χ0v) is 12.0. The molecule has 2 rings (SSSR count). The van der Waals surface area contributed by atoms with Gasteiger partial charge in [-0.3, -0.25) is 4.79 Å². The Morgan fingerprint density at radius 3 is 3.05 bits per heavy atom. The SMILES string of the molecule is CCC(N)c1nc(C(=O)Nc2cccc(Br)c2)co1. The molecule has 1 heterocycles. The molecule has 1 amide bonds. The Hall–Kier alpha value is -1.66. The van der Waals surface area contributed by atoms with Gasteiger partial charge in [0.05, 0.1) is 6.04 Å². The molecular weight excluding hydrogens is 310 g/mol. The van der Waals surface area contributed by atoms with Crippen molar-refractivity contribution >= 4 is 27.5 Å². The molecule has 0 aliphatic heterocycles. The van der Waals surface area contributed by atoms with Gasteiger partial charge in [-0.25, -0.2) is 4.98 Å². The maximum Gasteiger partial charge on any atom is 0.277 e. The smallest absolute Gasteiger partial charge is 0.277 e. The number of nitrogens with two attached hydrogens (primary N) is 1. The Labute approximate surface area is 119 Å². The fraction of sp³-hybridized carbons (Fsp3) is 0.231. The summed E-state index contributed by atoms with van der Waals surface area (Å²) in [6, 6.07) is 7.02. The van der Waals surface area contributed by atoms with Crippen LogP contribution in [-0.2, 0) is 0 Å². The molecule has 0 radical (unpaired) electrons. The van der Waals surface area contributed by atoms with E-state index in [4.69, 9.17) is 10.2 Å². The molecule has 0 bridgehead atoms. The highest BCUT2D eigenvalue weighted by atomic mass is 79.9. The Balaban J connectivity index is 2.10. The number of carbonyl (C=O) groups is 1. The van der Waals surface area contributed by atoms with Gasteiger partial charge >= 0.3 is 0 Å². The summed E-state index contributed by atoms with van der Waals surface area (Å²) >= 11 is 3.34. The monoisotopic (exact) mass is 323 g/mol. The average molecular weight is 324 g/mol. The number of halogens is 1. The summed E-state index contributed by atoms with van der Waals surface area (Å²) in [5, 5.41) is 2.74. The molecule has 3 N–H and O–H groups in total. The van der Waals surface area contributed by atoms with Crippen LogP contribution in [0, 0.1) is 0 Å². The molecule has 1 unspecified atom stereocenters. The maximum absolute atomic E-state index is 12.0. The van der Waals surface area contributed by atoms with Crippen molar-refractivity contribution in [2.45, 2.75) is 19.4 Å². The molecule has 0 aliphatic carbocycles. The van der Waals surface area contributed by atoms with Gasteiger partial charge in [0.2, 0.25) is 5.89 Å². The first-order valence-electron chi connectivity index (χ1n) is 5.88. The number of benzene rings is 1. The van der Waals surface area contributed by atoms with Gasteiger partial charge in [0, 0.05) is 10.2 Å². The van der Waals surface area contributed by atoms with E-state index in [1.165, 1.54) is 6.26 Å². The van der Waals surface area contributed by atoms with E-state index < -0.39 is 0 Å². The number of hydrogen-bond acceptors (Lipinski definition) is 4. The summed E-state index contributed by atoms with van der Waals surface area (Å²) in [6.07, 6.45) is 2.02. The predicted octanol–water partition coefficient (Wildman–Crippen LogP) is 3.10. The zero-order chi connectivity index (χ0) is 13.8. The van der Waals surface area contributed by atoms with Crippen molar-refractivity contribution in [2.24, 2.45) is 5.73 Å². The van der Waals surface area contributed by atoms with Crippen LogP contribution in [0.5, 0.6) is 0 Å². The second-order valence-electron chi connectivity index (χ2n) is 4.05. The van der Waals surface area contributed by atoms with Crippen molar-refractivity contribution < 1.29 is 9.21 Å². The first kappa shape index (κ1) is 13.8. The standard InChI is InChI=1S/C13H14BrN3O2/c1-2-10(15)13-17-11(7-19-13)12(18)16-9-5-3-4-8(14)6-9/h3-7,10H,2,15H2,1H3,(H,16,18). The normalized spacial score (nSPS) is 12.2. The Kier molecular flexibility index (Phi) is 4.34. The molecule has 0 spiro atoms. The fourth-order valence-electron chi connectivity index (χ4n) is 1.50. The van der Waals surface area contributed by atoms with Crippen molar-refractivity contribution in [1.29, 1.82) is 0 Å². The minimum atomic E-state index is -0.323. The second-order valence-corrected chi connectivity index (χ2v) is 4.97. The number of nitrogens with one attached hydrogen (secondary N) is 1. The summed E-state index contributed by atoms with van der Waals surface area (Å²) in [7, 11) is 0. The topological polar surface area (TPSA) is 81.1 Å². The number of carbonyl (C=O) groups excluding carboxylic acids is 1. The van der Waals surface area contributed by atoms with Crippen molar-refractivity contribution in [3.63, 3.8) is 0 Å². The highest BCUT2D eigenvalue weighted by Gasteiger charge is 2.15. The van der Waals surface area contributed by atoms with Gasteiger partial charge in [-0.2, -0.15) is 0 Å². The molecule has 0 aliphatic rings. The molecular formula is C13H14BrN3O2. The van der Waals surface area contributed by atoms with Crippen LogP contribution in [0.15, 0.2) is 39.4 Å². The van der Waals surface area contributed by atoms with E-state index in [9.17, 15) is 4.79 Å². The Morgan fingerprint density at radius 2 is 2.37 bits per heavy atom. The summed E-state index contributed by atoms with van der Waals surface area (Å²) in [6.45, 7) is 1.93. The number of nitrogens with zero attached hydrogens (tertiary/aromatic N) is 1. The van der Waals surface area contributed by atoms with Crippen LogP contribution in [-0.4, -0.2) is 10.9 Å². The molecule has 6 heteroatoms. The molecule has 0 fully saturated rings. The first-order valence-corrected chi connectivity index (χ1v) is 6.67. The van der Waals surface area contributed by atoms with Gasteiger partial charge in [-0.05, 0) is 24.6 Å². The van der Waals surface area contributed by atoms with E-state index in [2.05, 4.69) is 26.2 Å². The summed E-state index contributed by atoms with van der Waals surface area (Å²) in [5.74, 6) is 0.0540. The molecule has 5 nitrogen and oxygen atoms in total. The number of oxazole rings is 1. The molecule has 100 valence electrons. The minimum absolute atomic E-state index is 0.221. The van der Waals surface area contributed by atoms with Gasteiger partial charge in [0.1, 0.15) is 6.26 Å². The van der Waals surface area contributed by atoms with Gasteiger partial charge in [-0.1, -0.05) is 28.9 Å². The lowest BCUT2D eigenvalue weighted by Gasteiger charge is -2.03. The first-order chi connectivity index (χ1) is 9.10. The number of amides is 1. The van der Waals surface area contributed by atoms with E-state index in [-0.39, 0.29) is 17.6 Å².